The van der Waals surface area contributed by atoms with Crippen molar-refractivity contribution < 1.29 is 9.90 Å². The van der Waals surface area contributed by atoms with Crippen LogP contribution in [0.4, 0.5) is 0 Å². The van der Waals surface area contributed by atoms with Crippen molar-refractivity contribution >= 4 is 17.0 Å². The van der Waals surface area contributed by atoms with Gasteiger partial charge in [-0.1, -0.05) is 36.4 Å². The Morgan fingerprint density at radius 2 is 1.86 bits per heavy atom. The lowest BCUT2D eigenvalue weighted by Gasteiger charge is -2.04. The number of nitrogens with one attached hydrogen (secondary N) is 1. The molecule has 1 heterocycles. The highest BCUT2D eigenvalue weighted by Crippen LogP contribution is 2.16. The van der Waals surface area contributed by atoms with Crippen LogP contribution in [0.25, 0.3) is 11.0 Å². The highest BCUT2D eigenvalue weighted by Gasteiger charge is 2.13. The molecule has 0 saturated carbocycles. The molecule has 3 rings (SSSR count). The highest BCUT2D eigenvalue weighted by molar-refractivity contribution is 6.00. The Labute approximate surface area is 120 Å². The first-order valence-electron chi connectivity index (χ1n) is 6.65. The van der Waals surface area contributed by atoms with E-state index in [0.717, 1.165) is 5.56 Å². The number of aryl methyl sites for hydroxylation is 2. The minimum Gasteiger partial charge on any atom is -0.478 e. The van der Waals surface area contributed by atoms with Crippen molar-refractivity contribution in [2.24, 2.45) is 0 Å². The molecule has 0 atom stereocenters. The number of aromatic carboxylic acids is 1. The van der Waals surface area contributed by atoms with E-state index >= 15 is 0 Å². The molecule has 1 aromatic heterocycles. The Balaban J connectivity index is 1.99. The Morgan fingerprint density at radius 1 is 1.10 bits per heavy atom. The van der Waals surface area contributed by atoms with Crippen LogP contribution in [0.5, 0.6) is 0 Å². The number of carboxylic acids is 1. The molecule has 0 aliphatic heterocycles. The van der Waals surface area contributed by atoms with Crippen LogP contribution in [0.3, 0.4) is 0 Å². The molecule has 106 valence electrons. The first-order chi connectivity index (χ1) is 10.2. The number of carboxylic acid groups (broad SMARTS) is 1. The summed E-state index contributed by atoms with van der Waals surface area (Å²) in [5.74, 6) is -1.04. The zero-order chi connectivity index (χ0) is 14.8. The molecule has 0 unspecified atom stereocenters. The summed E-state index contributed by atoms with van der Waals surface area (Å²) in [6, 6.07) is 14.8. The second-order valence-electron chi connectivity index (χ2n) is 4.82. The van der Waals surface area contributed by atoms with E-state index in [4.69, 9.17) is 5.11 Å². The molecule has 5 nitrogen and oxygen atoms in total. The molecule has 21 heavy (non-hydrogen) atoms. The third-order valence-corrected chi connectivity index (χ3v) is 3.51. The van der Waals surface area contributed by atoms with E-state index in [0.29, 0.717) is 24.0 Å². The minimum absolute atomic E-state index is 0.114. The van der Waals surface area contributed by atoms with Crippen LogP contribution in [0.1, 0.15) is 15.9 Å². The number of H-pyrrole nitrogens is 1. The number of fused-ring (bicyclic) bond motifs is 1. The number of nitrogens with zero attached hydrogens (tertiary/aromatic N) is 1. The number of para-hydroxylation sites is 1. The number of hydrogen-bond acceptors (Lipinski definition) is 2. The molecule has 2 aromatic carbocycles. The van der Waals surface area contributed by atoms with Gasteiger partial charge in [0.2, 0.25) is 0 Å². The van der Waals surface area contributed by atoms with E-state index in [1.807, 2.05) is 30.3 Å². The number of carbonyl (C=O) groups is 1. The summed E-state index contributed by atoms with van der Waals surface area (Å²) in [5, 5.41) is 9.16. The molecule has 0 amide bonds. The third kappa shape index (κ3) is 2.45. The zero-order valence-corrected chi connectivity index (χ0v) is 11.2. The molecular weight excluding hydrogens is 268 g/mol. The van der Waals surface area contributed by atoms with Gasteiger partial charge < -0.3 is 10.1 Å². The fourth-order valence-electron chi connectivity index (χ4n) is 2.47. The molecule has 0 radical (unpaired) electrons. The fourth-order valence-corrected chi connectivity index (χ4v) is 2.47. The number of aromatic amines is 1. The standard InChI is InChI=1S/C16H14N2O3/c19-15(20)12-7-4-8-13-14(12)17-16(21)18(13)10-9-11-5-2-1-3-6-11/h1-8H,9-10H2,(H,17,21)(H,19,20). The SMILES string of the molecule is O=C(O)c1cccc2c1[nH]c(=O)n2CCc1ccccc1. The van der Waals surface area contributed by atoms with Gasteiger partial charge in [-0.25, -0.2) is 9.59 Å². The minimum atomic E-state index is -1.04. The van der Waals surface area contributed by atoms with Crippen LogP contribution in [-0.4, -0.2) is 20.6 Å². The molecule has 0 bridgehead atoms. The van der Waals surface area contributed by atoms with E-state index in [1.165, 1.54) is 6.07 Å². The van der Waals surface area contributed by atoms with Crippen LogP contribution in [0.2, 0.25) is 0 Å². The van der Waals surface area contributed by atoms with Gasteiger partial charge in [-0.05, 0) is 24.1 Å². The number of hydrogen-bond donors (Lipinski definition) is 2. The van der Waals surface area contributed by atoms with Gasteiger partial charge in [0, 0.05) is 6.54 Å². The number of rotatable bonds is 4. The monoisotopic (exact) mass is 282 g/mol. The zero-order valence-electron chi connectivity index (χ0n) is 11.2. The van der Waals surface area contributed by atoms with Gasteiger partial charge in [-0.2, -0.15) is 0 Å². The van der Waals surface area contributed by atoms with Gasteiger partial charge in [0.05, 0.1) is 16.6 Å². The maximum absolute atomic E-state index is 12.0. The van der Waals surface area contributed by atoms with Crippen LogP contribution in [0, 0.1) is 0 Å². The van der Waals surface area contributed by atoms with E-state index < -0.39 is 5.97 Å². The van der Waals surface area contributed by atoms with Crippen molar-refractivity contribution in [2.45, 2.75) is 13.0 Å². The van der Waals surface area contributed by atoms with Crippen LogP contribution in [-0.2, 0) is 13.0 Å². The lowest BCUT2D eigenvalue weighted by atomic mass is 10.1. The van der Waals surface area contributed by atoms with Gasteiger partial charge in [0.1, 0.15) is 0 Å². The topological polar surface area (TPSA) is 75.1 Å². The third-order valence-electron chi connectivity index (χ3n) is 3.51. The summed E-state index contributed by atoms with van der Waals surface area (Å²) >= 11 is 0. The lowest BCUT2D eigenvalue weighted by Crippen LogP contribution is -2.17. The summed E-state index contributed by atoms with van der Waals surface area (Å²) in [4.78, 5) is 25.9. The molecule has 0 fully saturated rings. The number of aromatic nitrogens is 2. The van der Waals surface area contributed by atoms with E-state index in [9.17, 15) is 9.59 Å². The maximum atomic E-state index is 12.0. The molecule has 3 aromatic rings. The molecule has 0 spiro atoms. The number of benzene rings is 2. The van der Waals surface area contributed by atoms with Crippen molar-refractivity contribution in [1.29, 1.82) is 0 Å². The smallest absolute Gasteiger partial charge is 0.337 e. The number of imidazole rings is 1. The Kier molecular flexibility index (Phi) is 3.31. The molecule has 5 heteroatoms. The average molecular weight is 282 g/mol. The summed E-state index contributed by atoms with van der Waals surface area (Å²) in [5.41, 5.74) is 1.96. The van der Waals surface area contributed by atoms with Crippen molar-refractivity contribution in [3.63, 3.8) is 0 Å². The van der Waals surface area contributed by atoms with E-state index in [2.05, 4.69) is 4.98 Å². The first-order valence-corrected chi connectivity index (χ1v) is 6.65. The van der Waals surface area contributed by atoms with Crippen LogP contribution in [0.15, 0.2) is 53.3 Å². The Bertz CT molecular complexity index is 847. The van der Waals surface area contributed by atoms with Gasteiger partial charge in [-0.3, -0.25) is 4.57 Å². The maximum Gasteiger partial charge on any atom is 0.337 e. The second kappa shape index (κ2) is 5.28. The van der Waals surface area contributed by atoms with Gasteiger partial charge in [0.15, 0.2) is 0 Å². The van der Waals surface area contributed by atoms with E-state index in [-0.39, 0.29) is 11.3 Å². The average Bonchev–Trinajstić information content (AvgIpc) is 2.81. The summed E-state index contributed by atoms with van der Waals surface area (Å²) < 4.78 is 1.58. The molecular formula is C16H14N2O3. The Hall–Kier alpha value is -2.82. The van der Waals surface area contributed by atoms with Crippen molar-refractivity contribution in [3.8, 4) is 0 Å². The molecule has 2 N–H and O–H groups in total. The van der Waals surface area contributed by atoms with Crippen LogP contribution >= 0.6 is 0 Å². The second-order valence-corrected chi connectivity index (χ2v) is 4.82. The molecule has 0 aliphatic rings. The van der Waals surface area contributed by atoms with Crippen molar-refractivity contribution in [2.75, 3.05) is 0 Å². The predicted octanol–water partition coefficient (Wildman–Crippen LogP) is 2.27. The van der Waals surface area contributed by atoms with Gasteiger partial charge in [-0.15, -0.1) is 0 Å². The quantitative estimate of drug-likeness (QED) is 0.770. The molecule has 0 aliphatic carbocycles. The first kappa shape index (κ1) is 13.2. The van der Waals surface area contributed by atoms with Crippen LogP contribution < -0.4 is 5.69 Å². The lowest BCUT2D eigenvalue weighted by molar-refractivity contribution is 0.0699. The summed E-state index contributed by atoms with van der Waals surface area (Å²) in [7, 11) is 0. The largest absolute Gasteiger partial charge is 0.478 e. The van der Waals surface area contributed by atoms with Crippen molar-refractivity contribution in [1.82, 2.24) is 9.55 Å². The van der Waals surface area contributed by atoms with E-state index in [1.54, 1.807) is 16.7 Å². The summed E-state index contributed by atoms with van der Waals surface area (Å²) in [6.45, 7) is 0.506. The van der Waals surface area contributed by atoms with Gasteiger partial charge >= 0.3 is 11.7 Å². The fraction of sp³-hybridized carbons (Fsp3) is 0.125. The van der Waals surface area contributed by atoms with Crippen molar-refractivity contribution in [3.05, 3.63) is 70.1 Å². The predicted molar refractivity (Wildman–Crippen MR) is 79.7 cm³/mol. The summed E-state index contributed by atoms with van der Waals surface area (Å²) in [6.07, 6.45) is 0.713. The highest BCUT2D eigenvalue weighted by atomic mass is 16.4. The van der Waals surface area contributed by atoms with Gasteiger partial charge in [0.25, 0.3) is 0 Å². The normalized spacial score (nSPS) is 10.9. The Morgan fingerprint density at radius 3 is 2.57 bits per heavy atom. The molecule has 0 saturated heterocycles.